The lowest BCUT2D eigenvalue weighted by molar-refractivity contribution is -0.126. The van der Waals surface area contributed by atoms with Crippen LogP contribution in [-0.2, 0) is 23.7 Å². The van der Waals surface area contributed by atoms with E-state index in [4.69, 9.17) is 0 Å². The molecule has 3 rings (SSSR count). The third-order valence-corrected chi connectivity index (χ3v) is 5.01. The average Bonchev–Trinajstić information content (AvgIpc) is 3.21. The Morgan fingerprint density at radius 3 is 2.72 bits per heavy atom. The number of benzene rings is 1. The maximum Gasteiger partial charge on any atom is 0.230 e. The van der Waals surface area contributed by atoms with E-state index in [1.54, 1.807) is 4.68 Å². The molecule has 0 saturated heterocycles. The fourth-order valence-corrected chi connectivity index (χ4v) is 3.64. The van der Waals surface area contributed by atoms with Crippen LogP contribution in [0.2, 0.25) is 0 Å². The van der Waals surface area contributed by atoms with Gasteiger partial charge in [-0.3, -0.25) is 9.48 Å². The Morgan fingerprint density at radius 2 is 2.08 bits per heavy atom. The normalized spacial score (nSPS) is 16.1. The molecule has 0 aliphatic heterocycles. The van der Waals surface area contributed by atoms with Gasteiger partial charge in [-0.15, -0.1) is 0 Å². The van der Waals surface area contributed by atoms with Crippen LogP contribution >= 0.6 is 0 Å². The maximum absolute atomic E-state index is 14.3. The average molecular weight is 348 g/mol. The van der Waals surface area contributed by atoms with E-state index in [2.05, 4.69) is 15.4 Å². The molecular weight excluding hydrogens is 326 g/mol. The fourth-order valence-electron chi connectivity index (χ4n) is 3.64. The Kier molecular flexibility index (Phi) is 5.11. The van der Waals surface area contributed by atoms with Crippen molar-refractivity contribution in [3.63, 3.8) is 0 Å². The summed E-state index contributed by atoms with van der Waals surface area (Å²) in [5, 5.41) is 6.94. The van der Waals surface area contributed by atoms with Gasteiger partial charge in [0.25, 0.3) is 0 Å². The highest BCUT2D eigenvalue weighted by Gasteiger charge is 2.44. The zero-order valence-electron chi connectivity index (χ0n) is 14.3. The van der Waals surface area contributed by atoms with Gasteiger partial charge >= 0.3 is 0 Å². The Bertz CT molecular complexity index is 753. The Hall–Kier alpha value is -2.31. The summed E-state index contributed by atoms with van der Waals surface area (Å²) in [6, 6.07) is 3.49. The molecule has 1 aliphatic rings. The van der Waals surface area contributed by atoms with E-state index in [-0.39, 0.29) is 5.91 Å². The van der Waals surface area contributed by atoms with Gasteiger partial charge in [0.15, 0.2) is 0 Å². The van der Waals surface area contributed by atoms with Gasteiger partial charge in [-0.2, -0.15) is 5.10 Å². The summed E-state index contributed by atoms with van der Waals surface area (Å²) in [4.78, 5) is 17.0. The predicted octanol–water partition coefficient (Wildman–Crippen LogP) is 2.65. The van der Waals surface area contributed by atoms with Crippen molar-refractivity contribution in [2.45, 2.75) is 43.9 Å². The number of hydrogen-bond donors (Lipinski definition) is 1. The predicted molar refractivity (Wildman–Crippen MR) is 88.8 cm³/mol. The van der Waals surface area contributed by atoms with E-state index in [0.717, 1.165) is 31.2 Å². The topological polar surface area (TPSA) is 59.8 Å². The van der Waals surface area contributed by atoms with Crippen molar-refractivity contribution in [3.8, 4) is 0 Å². The highest BCUT2D eigenvalue weighted by atomic mass is 19.1. The lowest BCUT2D eigenvalue weighted by Gasteiger charge is -2.28. The zero-order chi connectivity index (χ0) is 17.9. The lowest BCUT2D eigenvalue weighted by Crippen LogP contribution is -2.43. The molecule has 1 N–H and O–H groups in total. The molecule has 134 valence electrons. The van der Waals surface area contributed by atoms with Crippen LogP contribution in [0.3, 0.4) is 0 Å². The summed E-state index contributed by atoms with van der Waals surface area (Å²) in [5.41, 5.74) is -0.583. The molecule has 0 unspecified atom stereocenters. The molecule has 1 fully saturated rings. The molecule has 1 aromatic heterocycles. The summed E-state index contributed by atoms with van der Waals surface area (Å²) < 4.78 is 29.2. The fraction of sp³-hybridized carbons (Fsp3) is 0.500. The van der Waals surface area contributed by atoms with Crippen LogP contribution in [0.5, 0.6) is 0 Å². The lowest BCUT2D eigenvalue weighted by atomic mass is 9.77. The van der Waals surface area contributed by atoms with Crippen LogP contribution in [0, 0.1) is 11.6 Å². The Morgan fingerprint density at radius 1 is 1.32 bits per heavy atom. The van der Waals surface area contributed by atoms with Gasteiger partial charge in [0.2, 0.25) is 5.91 Å². The number of amides is 1. The van der Waals surface area contributed by atoms with Crippen molar-refractivity contribution in [2.75, 3.05) is 6.54 Å². The minimum atomic E-state index is -0.886. The van der Waals surface area contributed by atoms with Gasteiger partial charge in [0, 0.05) is 31.6 Å². The summed E-state index contributed by atoms with van der Waals surface area (Å²) in [5.74, 6) is -0.586. The molecule has 2 aromatic rings. The second kappa shape index (κ2) is 7.29. The first-order valence-corrected chi connectivity index (χ1v) is 8.60. The second-order valence-electron chi connectivity index (χ2n) is 6.57. The van der Waals surface area contributed by atoms with Crippen LogP contribution in [0.1, 0.15) is 43.5 Å². The summed E-state index contributed by atoms with van der Waals surface area (Å²) in [6.45, 7) is 0.482. The molecular formula is C18H22F2N4O. The molecule has 1 amide bonds. The Labute approximate surface area is 145 Å². The van der Waals surface area contributed by atoms with Crippen molar-refractivity contribution in [3.05, 3.63) is 47.5 Å². The molecule has 0 radical (unpaired) electrons. The monoisotopic (exact) mass is 348 g/mol. The summed E-state index contributed by atoms with van der Waals surface area (Å²) in [7, 11) is 1.83. The van der Waals surface area contributed by atoms with Gasteiger partial charge in [-0.05, 0) is 25.3 Å². The first-order chi connectivity index (χ1) is 12.0. The van der Waals surface area contributed by atoms with Crippen LogP contribution in [0.4, 0.5) is 8.78 Å². The molecule has 0 bridgehead atoms. The molecule has 0 atom stereocenters. The van der Waals surface area contributed by atoms with E-state index in [1.165, 1.54) is 18.5 Å². The van der Waals surface area contributed by atoms with Crippen LogP contribution < -0.4 is 5.32 Å². The van der Waals surface area contributed by atoms with Crippen LogP contribution in [-0.4, -0.2) is 27.2 Å². The van der Waals surface area contributed by atoms with Crippen LogP contribution in [0.25, 0.3) is 0 Å². The number of nitrogens with zero attached hydrogens (tertiary/aromatic N) is 3. The number of rotatable bonds is 6. The number of carbonyl (C=O) groups is 1. The summed E-state index contributed by atoms with van der Waals surface area (Å²) >= 11 is 0. The molecule has 7 heteroatoms. The number of halogens is 2. The van der Waals surface area contributed by atoms with Crippen molar-refractivity contribution in [1.82, 2.24) is 20.1 Å². The highest BCUT2D eigenvalue weighted by molar-refractivity contribution is 5.88. The third kappa shape index (κ3) is 3.55. The molecule has 1 aromatic carbocycles. The number of nitrogens with one attached hydrogen (secondary N) is 1. The first kappa shape index (κ1) is 17.5. The third-order valence-electron chi connectivity index (χ3n) is 5.01. The second-order valence-corrected chi connectivity index (χ2v) is 6.57. The van der Waals surface area contributed by atoms with Crippen molar-refractivity contribution in [2.24, 2.45) is 7.05 Å². The molecule has 1 aliphatic carbocycles. The zero-order valence-corrected chi connectivity index (χ0v) is 14.3. The van der Waals surface area contributed by atoms with Gasteiger partial charge in [-0.1, -0.05) is 18.9 Å². The van der Waals surface area contributed by atoms with Gasteiger partial charge < -0.3 is 5.32 Å². The van der Waals surface area contributed by atoms with E-state index >= 15 is 0 Å². The van der Waals surface area contributed by atoms with E-state index < -0.39 is 17.0 Å². The molecule has 1 heterocycles. The Balaban J connectivity index is 1.66. The standard InChI is InChI=1S/C18H22F2N4O/c1-24-16(22-12-23-24)5-4-10-21-17(25)18(8-2-3-9-18)14-7-6-13(19)11-15(14)20/h6-7,11-12H,2-5,8-10H2,1H3,(H,21,25). The SMILES string of the molecule is Cn1ncnc1CCCNC(=O)C1(c2ccc(F)cc2F)CCCC1. The minimum Gasteiger partial charge on any atom is -0.355 e. The van der Waals surface area contributed by atoms with Crippen molar-refractivity contribution < 1.29 is 13.6 Å². The molecule has 5 nitrogen and oxygen atoms in total. The van der Waals surface area contributed by atoms with E-state index in [9.17, 15) is 13.6 Å². The van der Waals surface area contributed by atoms with E-state index in [0.29, 0.717) is 31.4 Å². The number of aryl methyl sites for hydroxylation is 2. The van der Waals surface area contributed by atoms with Crippen LogP contribution in [0.15, 0.2) is 24.5 Å². The quantitative estimate of drug-likeness (QED) is 0.817. The largest absolute Gasteiger partial charge is 0.355 e. The van der Waals surface area contributed by atoms with Gasteiger partial charge in [0.1, 0.15) is 23.8 Å². The molecule has 1 saturated carbocycles. The van der Waals surface area contributed by atoms with Gasteiger partial charge in [0.05, 0.1) is 5.41 Å². The van der Waals surface area contributed by atoms with E-state index in [1.807, 2.05) is 7.05 Å². The first-order valence-electron chi connectivity index (χ1n) is 8.60. The number of hydrogen-bond acceptors (Lipinski definition) is 3. The van der Waals surface area contributed by atoms with Crippen molar-refractivity contribution in [1.29, 1.82) is 0 Å². The van der Waals surface area contributed by atoms with Gasteiger partial charge in [-0.25, -0.2) is 13.8 Å². The number of aromatic nitrogens is 3. The highest BCUT2D eigenvalue weighted by Crippen LogP contribution is 2.42. The minimum absolute atomic E-state index is 0.173. The number of carbonyl (C=O) groups excluding carboxylic acids is 1. The molecule has 0 spiro atoms. The molecule has 25 heavy (non-hydrogen) atoms. The summed E-state index contributed by atoms with van der Waals surface area (Å²) in [6.07, 6.45) is 5.83. The smallest absolute Gasteiger partial charge is 0.230 e. The van der Waals surface area contributed by atoms with Crippen molar-refractivity contribution >= 4 is 5.91 Å². The maximum atomic E-state index is 14.3.